The molecule has 2 amide bonds. The van der Waals surface area contributed by atoms with Crippen molar-refractivity contribution < 1.29 is 9.53 Å². The lowest BCUT2D eigenvalue weighted by atomic mass is 10.1. The minimum Gasteiger partial charge on any atom is -0.375 e. The number of amides is 2. The molecule has 23 heavy (non-hydrogen) atoms. The first-order valence-electron chi connectivity index (χ1n) is 8.45. The van der Waals surface area contributed by atoms with Crippen molar-refractivity contribution in [3.05, 3.63) is 18.5 Å². The molecule has 2 aliphatic rings. The normalized spacial score (nSPS) is 22.9. The smallest absolute Gasteiger partial charge is 0.317 e. The number of morpholine rings is 1. The van der Waals surface area contributed by atoms with Gasteiger partial charge in [0.15, 0.2) is 0 Å². The topological polar surface area (TPSA) is 70.6 Å². The van der Waals surface area contributed by atoms with Gasteiger partial charge in [-0.2, -0.15) is 0 Å². The van der Waals surface area contributed by atoms with Gasteiger partial charge in [-0.25, -0.2) is 14.8 Å². The van der Waals surface area contributed by atoms with Crippen LogP contribution in [0.3, 0.4) is 0 Å². The van der Waals surface area contributed by atoms with E-state index >= 15 is 0 Å². The first-order valence-corrected chi connectivity index (χ1v) is 8.45. The zero-order valence-electron chi connectivity index (χ0n) is 13.6. The molecule has 2 saturated heterocycles. The molecular formula is C16H25N5O2. The monoisotopic (exact) mass is 319 g/mol. The fourth-order valence-corrected chi connectivity index (χ4v) is 3.10. The molecule has 0 saturated carbocycles. The third kappa shape index (κ3) is 4.10. The first-order chi connectivity index (χ1) is 11.3. The van der Waals surface area contributed by atoms with Gasteiger partial charge in [-0.05, 0) is 25.3 Å². The molecule has 1 aromatic heterocycles. The van der Waals surface area contributed by atoms with Crippen LogP contribution in [-0.2, 0) is 4.74 Å². The van der Waals surface area contributed by atoms with Gasteiger partial charge in [0, 0.05) is 44.6 Å². The average molecular weight is 319 g/mol. The molecular weight excluding hydrogens is 294 g/mol. The molecule has 2 aliphatic heterocycles. The van der Waals surface area contributed by atoms with Crippen LogP contribution in [0.5, 0.6) is 0 Å². The molecule has 0 aliphatic carbocycles. The van der Waals surface area contributed by atoms with Crippen molar-refractivity contribution in [2.75, 3.05) is 37.7 Å². The van der Waals surface area contributed by atoms with Crippen molar-refractivity contribution in [3.63, 3.8) is 0 Å². The highest BCUT2D eigenvalue weighted by Crippen LogP contribution is 2.16. The molecule has 0 aromatic carbocycles. The number of hydrogen-bond acceptors (Lipinski definition) is 5. The molecule has 7 nitrogen and oxygen atoms in total. The van der Waals surface area contributed by atoms with E-state index in [2.05, 4.69) is 27.1 Å². The summed E-state index contributed by atoms with van der Waals surface area (Å²) >= 11 is 0. The summed E-state index contributed by atoms with van der Waals surface area (Å²) in [5, 5.41) is 3.17. The number of carbonyl (C=O) groups excluding carboxylic acids is 1. The summed E-state index contributed by atoms with van der Waals surface area (Å²) in [7, 11) is 0. The SMILES string of the molecule is CC[C@@H]1CN(C(=O)NC2CCN(c3ncccn3)CC2)CCO1. The second-order valence-corrected chi connectivity index (χ2v) is 6.11. The third-order valence-corrected chi connectivity index (χ3v) is 4.54. The Morgan fingerprint density at radius 3 is 2.74 bits per heavy atom. The Bertz CT molecular complexity index is 504. The summed E-state index contributed by atoms with van der Waals surface area (Å²) in [5.41, 5.74) is 0. The van der Waals surface area contributed by atoms with Gasteiger partial charge in [0.25, 0.3) is 0 Å². The lowest BCUT2D eigenvalue weighted by molar-refractivity contribution is -0.0158. The highest BCUT2D eigenvalue weighted by Gasteiger charge is 2.27. The Morgan fingerprint density at radius 1 is 1.30 bits per heavy atom. The summed E-state index contributed by atoms with van der Waals surface area (Å²) in [4.78, 5) is 25.0. The van der Waals surface area contributed by atoms with Gasteiger partial charge in [-0.15, -0.1) is 0 Å². The highest BCUT2D eigenvalue weighted by atomic mass is 16.5. The predicted molar refractivity (Wildman–Crippen MR) is 87.4 cm³/mol. The van der Waals surface area contributed by atoms with Crippen molar-refractivity contribution in [1.29, 1.82) is 0 Å². The van der Waals surface area contributed by atoms with Gasteiger partial charge in [0.2, 0.25) is 5.95 Å². The number of rotatable bonds is 3. The Hall–Kier alpha value is -1.89. The van der Waals surface area contributed by atoms with Crippen LogP contribution >= 0.6 is 0 Å². The van der Waals surface area contributed by atoms with E-state index in [1.54, 1.807) is 12.4 Å². The zero-order valence-corrected chi connectivity index (χ0v) is 13.6. The maximum atomic E-state index is 12.4. The third-order valence-electron chi connectivity index (χ3n) is 4.54. The van der Waals surface area contributed by atoms with Crippen LogP contribution < -0.4 is 10.2 Å². The summed E-state index contributed by atoms with van der Waals surface area (Å²) in [6.07, 6.45) is 6.49. The van der Waals surface area contributed by atoms with Crippen molar-refractivity contribution >= 4 is 12.0 Å². The lowest BCUT2D eigenvalue weighted by Crippen LogP contribution is -2.53. The maximum absolute atomic E-state index is 12.4. The molecule has 0 bridgehead atoms. The van der Waals surface area contributed by atoms with Crippen LogP contribution in [0.4, 0.5) is 10.7 Å². The van der Waals surface area contributed by atoms with Crippen LogP contribution in [0.2, 0.25) is 0 Å². The van der Waals surface area contributed by atoms with Crippen molar-refractivity contribution in [1.82, 2.24) is 20.2 Å². The molecule has 0 unspecified atom stereocenters. The molecule has 2 fully saturated rings. The molecule has 3 heterocycles. The fourth-order valence-electron chi connectivity index (χ4n) is 3.10. The number of piperidine rings is 1. The van der Waals surface area contributed by atoms with Crippen LogP contribution in [-0.4, -0.2) is 65.8 Å². The van der Waals surface area contributed by atoms with Crippen LogP contribution in [0, 0.1) is 0 Å². The van der Waals surface area contributed by atoms with Crippen LogP contribution in [0.25, 0.3) is 0 Å². The van der Waals surface area contributed by atoms with Crippen LogP contribution in [0.15, 0.2) is 18.5 Å². The average Bonchev–Trinajstić information content (AvgIpc) is 2.63. The molecule has 7 heteroatoms. The fraction of sp³-hybridized carbons (Fsp3) is 0.688. The number of ether oxygens (including phenoxy) is 1. The number of nitrogens with zero attached hydrogens (tertiary/aromatic N) is 4. The van der Waals surface area contributed by atoms with Gasteiger partial charge in [-0.3, -0.25) is 0 Å². The standard InChI is InChI=1S/C16H25N5O2/c1-2-14-12-21(10-11-23-14)16(22)19-13-4-8-20(9-5-13)15-17-6-3-7-18-15/h3,6-7,13-14H,2,4-5,8-12H2,1H3,(H,19,22)/t14-/m1/s1. The van der Waals surface area contributed by atoms with Gasteiger partial charge < -0.3 is 19.9 Å². The van der Waals surface area contributed by atoms with Gasteiger partial charge >= 0.3 is 6.03 Å². The highest BCUT2D eigenvalue weighted by molar-refractivity contribution is 5.74. The second-order valence-electron chi connectivity index (χ2n) is 6.11. The Morgan fingerprint density at radius 2 is 2.04 bits per heavy atom. The number of anilines is 1. The van der Waals surface area contributed by atoms with E-state index in [1.807, 2.05) is 11.0 Å². The summed E-state index contributed by atoms with van der Waals surface area (Å²) in [6, 6.07) is 2.09. The number of carbonyl (C=O) groups is 1. The Balaban J connectivity index is 1.46. The van der Waals surface area contributed by atoms with E-state index in [4.69, 9.17) is 4.74 Å². The second kappa shape index (κ2) is 7.59. The quantitative estimate of drug-likeness (QED) is 0.908. The van der Waals surface area contributed by atoms with E-state index in [9.17, 15) is 4.79 Å². The summed E-state index contributed by atoms with van der Waals surface area (Å²) in [5.74, 6) is 0.774. The van der Waals surface area contributed by atoms with E-state index in [0.717, 1.165) is 38.3 Å². The molecule has 1 aromatic rings. The van der Waals surface area contributed by atoms with Gasteiger partial charge in [0.05, 0.1) is 12.7 Å². The van der Waals surface area contributed by atoms with Crippen molar-refractivity contribution in [2.45, 2.75) is 38.3 Å². The lowest BCUT2D eigenvalue weighted by Gasteiger charge is -2.36. The molecule has 0 radical (unpaired) electrons. The minimum absolute atomic E-state index is 0.0427. The molecule has 1 atom stereocenters. The number of nitrogens with one attached hydrogen (secondary N) is 1. The molecule has 1 N–H and O–H groups in total. The molecule has 126 valence electrons. The summed E-state index contributed by atoms with van der Waals surface area (Å²) in [6.45, 7) is 5.84. The predicted octanol–water partition coefficient (Wildman–Crippen LogP) is 1.27. The van der Waals surface area contributed by atoms with Crippen molar-refractivity contribution in [3.8, 4) is 0 Å². The summed E-state index contributed by atoms with van der Waals surface area (Å²) < 4.78 is 5.62. The van der Waals surface area contributed by atoms with E-state index in [-0.39, 0.29) is 18.2 Å². The largest absolute Gasteiger partial charge is 0.375 e. The number of hydrogen-bond donors (Lipinski definition) is 1. The minimum atomic E-state index is 0.0427. The van der Waals surface area contributed by atoms with E-state index in [1.165, 1.54) is 0 Å². The molecule has 3 rings (SSSR count). The van der Waals surface area contributed by atoms with E-state index in [0.29, 0.717) is 19.7 Å². The van der Waals surface area contributed by atoms with Crippen LogP contribution in [0.1, 0.15) is 26.2 Å². The zero-order chi connectivity index (χ0) is 16.1. The Labute approximate surface area is 137 Å². The molecule has 0 spiro atoms. The number of aromatic nitrogens is 2. The van der Waals surface area contributed by atoms with E-state index < -0.39 is 0 Å². The maximum Gasteiger partial charge on any atom is 0.317 e. The van der Waals surface area contributed by atoms with Gasteiger partial charge in [-0.1, -0.05) is 6.92 Å². The Kier molecular flexibility index (Phi) is 5.27. The first kappa shape index (κ1) is 16.0. The van der Waals surface area contributed by atoms with Crippen molar-refractivity contribution in [2.24, 2.45) is 0 Å². The number of urea groups is 1. The van der Waals surface area contributed by atoms with Gasteiger partial charge in [0.1, 0.15) is 0 Å².